The van der Waals surface area contributed by atoms with E-state index in [2.05, 4.69) is 15.4 Å². The van der Waals surface area contributed by atoms with Crippen LogP contribution in [-0.2, 0) is 5.41 Å². The smallest absolute Gasteiger partial charge is 0.250 e. The summed E-state index contributed by atoms with van der Waals surface area (Å²) in [6.45, 7) is 3.91. The summed E-state index contributed by atoms with van der Waals surface area (Å²) in [6.07, 6.45) is 1.36. The van der Waals surface area contributed by atoms with E-state index >= 15 is 0 Å². The number of aromatic amines is 1. The quantitative estimate of drug-likeness (QED) is 0.796. The maximum atomic E-state index is 12.9. The number of aromatic nitrogens is 3. The Hall–Kier alpha value is -1.00. The molecule has 0 radical (unpaired) electrons. The lowest BCUT2D eigenvalue weighted by molar-refractivity contribution is -0.142. The Morgan fingerprint density at radius 3 is 2.43 bits per heavy atom. The molecule has 0 bridgehead atoms. The van der Waals surface area contributed by atoms with Gasteiger partial charge < -0.3 is 0 Å². The first kappa shape index (κ1) is 9.55. The van der Waals surface area contributed by atoms with Gasteiger partial charge in [-0.05, 0) is 5.92 Å². The lowest BCUT2D eigenvalue weighted by atomic mass is 9.58. The summed E-state index contributed by atoms with van der Waals surface area (Å²) >= 11 is 0. The molecule has 1 N–H and O–H groups in total. The van der Waals surface area contributed by atoms with Gasteiger partial charge in [0.15, 0.2) is 0 Å². The highest BCUT2D eigenvalue weighted by atomic mass is 19.3. The van der Waals surface area contributed by atoms with Gasteiger partial charge in [-0.25, -0.2) is 8.78 Å². The Labute approximate surface area is 80.9 Å². The Morgan fingerprint density at radius 1 is 1.43 bits per heavy atom. The SMILES string of the molecule is CC(C)C1(c2cnn[nH]2)CC(F)(F)C1. The molecule has 3 nitrogen and oxygen atoms in total. The summed E-state index contributed by atoms with van der Waals surface area (Å²) in [7, 11) is 0. The van der Waals surface area contributed by atoms with Crippen molar-refractivity contribution in [1.82, 2.24) is 15.4 Å². The molecule has 0 unspecified atom stereocenters. The number of nitrogens with one attached hydrogen (secondary N) is 1. The highest BCUT2D eigenvalue weighted by molar-refractivity contribution is 5.22. The van der Waals surface area contributed by atoms with E-state index < -0.39 is 11.3 Å². The first-order valence-corrected chi connectivity index (χ1v) is 4.71. The first-order valence-electron chi connectivity index (χ1n) is 4.71. The number of H-pyrrole nitrogens is 1. The van der Waals surface area contributed by atoms with Crippen LogP contribution < -0.4 is 0 Å². The zero-order chi connectivity index (χ0) is 10.4. The molecule has 1 fully saturated rings. The van der Waals surface area contributed by atoms with Crippen LogP contribution in [0.3, 0.4) is 0 Å². The van der Waals surface area contributed by atoms with Gasteiger partial charge >= 0.3 is 0 Å². The largest absolute Gasteiger partial charge is 0.262 e. The molecule has 0 saturated heterocycles. The van der Waals surface area contributed by atoms with Crippen molar-refractivity contribution in [3.8, 4) is 0 Å². The van der Waals surface area contributed by atoms with Crippen molar-refractivity contribution in [1.29, 1.82) is 0 Å². The molecule has 14 heavy (non-hydrogen) atoms. The van der Waals surface area contributed by atoms with E-state index in [9.17, 15) is 8.78 Å². The van der Waals surface area contributed by atoms with Crippen LogP contribution in [0, 0.1) is 5.92 Å². The molecule has 1 aliphatic rings. The topological polar surface area (TPSA) is 41.6 Å². The lowest BCUT2D eigenvalue weighted by Gasteiger charge is -2.49. The summed E-state index contributed by atoms with van der Waals surface area (Å²) in [4.78, 5) is 0. The van der Waals surface area contributed by atoms with E-state index in [-0.39, 0.29) is 18.8 Å². The van der Waals surface area contributed by atoms with Crippen LogP contribution >= 0.6 is 0 Å². The normalized spacial score (nSPS) is 23.5. The molecular formula is C9H13F2N3. The third-order valence-electron chi connectivity index (χ3n) is 3.20. The fraction of sp³-hybridized carbons (Fsp3) is 0.778. The van der Waals surface area contributed by atoms with E-state index in [0.29, 0.717) is 0 Å². The van der Waals surface area contributed by atoms with Crippen molar-refractivity contribution < 1.29 is 8.78 Å². The molecule has 1 aromatic heterocycles. The van der Waals surface area contributed by atoms with Crippen LogP contribution in [0.25, 0.3) is 0 Å². The molecule has 78 valence electrons. The van der Waals surface area contributed by atoms with Gasteiger partial charge in [-0.2, -0.15) is 0 Å². The van der Waals surface area contributed by atoms with Gasteiger partial charge in [-0.1, -0.05) is 19.1 Å². The molecule has 0 aliphatic heterocycles. The van der Waals surface area contributed by atoms with Gasteiger partial charge in [0.05, 0.1) is 11.9 Å². The molecule has 0 amide bonds. The zero-order valence-electron chi connectivity index (χ0n) is 8.22. The minimum absolute atomic E-state index is 0.0957. The third-order valence-corrected chi connectivity index (χ3v) is 3.20. The van der Waals surface area contributed by atoms with Crippen molar-refractivity contribution in [2.24, 2.45) is 5.92 Å². The Kier molecular flexibility index (Phi) is 1.87. The van der Waals surface area contributed by atoms with Gasteiger partial charge in [0.25, 0.3) is 0 Å². The first-order chi connectivity index (χ1) is 6.46. The number of nitrogens with zero attached hydrogens (tertiary/aromatic N) is 2. The molecule has 1 aliphatic carbocycles. The Morgan fingerprint density at radius 2 is 2.07 bits per heavy atom. The number of alkyl halides is 2. The fourth-order valence-corrected chi connectivity index (χ4v) is 2.22. The number of rotatable bonds is 2. The summed E-state index contributed by atoms with van der Waals surface area (Å²) in [6, 6.07) is 0. The van der Waals surface area contributed by atoms with Crippen LogP contribution in [0.2, 0.25) is 0 Å². The monoisotopic (exact) mass is 201 g/mol. The molecule has 0 aromatic carbocycles. The second-order valence-corrected chi connectivity index (χ2v) is 4.39. The molecule has 5 heteroatoms. The summed E-state index contributed by atoms with van der Waals surface area (Å²) < 4.78 is 25.9. The third kappa shape index (κ3) is 1.22. The van der Waals surface area contributed by atoms with E-state index in [1.807, 2.05) is 13.8 Å². The minimum Gasteiger partial charge on any atom is -0.262 e. The van der Waals surface area contributed by atoms with Crippen LogP contribution in [0.1, 0.15) is 32.4 Å². The lowest BCUT2D eigenvalue weighted by Crippen LogP contribution is -2.52. The summed E-state index contributed by atoms with van der Waals surface area (Å²) in [5.74, 6) is -2.35. The molecule has 2 rings (SSSR count). The van der Waals surface area contributed by atoms with Gasteiger partial charge in [-0.3, -0.25) is 5.10 Å². The Balaban J connectivity index is 2.28. The van der Waals surface area contributed by atoms with Gasteiger partial charge in [0.2, 0.25) is 5.92 Å². The van der Waals surface area contributed by atoms with Gasteiger partial charge in [-0.15, -0.1) is 5.10 Å². The number of halogens is 2. The van der Waals surface area contributed by atoms with E-state index in [1.54, 1.807) is 6.20 Å². The highest BCUT2D eigenvalue weighted by Crippen LogP contribution is 2.56. The summed E-state index contributed by atoms with van der Waals surface area (Å²) in [5, 5.41) is 9.93. The maximum absolute atomic E-state index is 12.9. The predicted octanol–water partition coefficient (Wildman–Crippen LogP) is 2.13. The van der Waals surface area contributed by atoms with Crippen molar-refractivity contribution in [2.75, 3.05) is 0 Å². The second kappa shape index (κ2) is 2.74. The minimum atomic E-state index is -2.52. The highest BCUT2D eigenvalue weighted by Gasteiger charge is 2.59. The molecular weight excluding hydrogens is 188 g/mol. The average molecular weight is 201 g/mol. The van der Waals surface area contributed by atoms with E-state index in [1.165, 1.54) is 0 Å². The Bertz CT molecular complexity index is 311. The number of hydrogen-bond donors (Lipinski definition) is 1. The average Bonchev–Trinajstić information content (AvgIpc) is 2.50. The fourth-order valence-electron chi connectivity index (χ4n) is 2.22. The van der Waals surface area contributed by atoms with Crippen molar-refractivity contribution in [3.05, 3.63) is 11.9 Å². The van der Waals surface area contributed by atoms with Crippen molar-refractivity contribution in [3.63, 3.8) is 0 Å². The van der Waals surface area contributed by atoms with E-state index in [0.717, 1.165) is 5.69 Å². The molecule has 1 heterocycles. The van der Waals surface area contributed by atoms with Crippen molar-refractivity contribution in [2.45, 2.75) is 38.0 Å². The zero-order valence-corrected chi connectivity index (χ0v) is 8.22. The van der Waals surface area contributed by atoms with E-state index in [4.69, 9.17) is 0 Å². The number of hydrogen-bond acceptors (Lipinski definition) is 2. The van der Waals surface area contributed by atoms with Gasteiger partial charge in [0, 0.05) is 18.3 Å². The van der Waals surface area contributed by atoms with Crippen molar-refractivity contribution >= 4 is 0 Å². The van der Waals surface area contributed by atoms with Gasteiger partial charge in [0.1, 0.15) is 0 Å². The van der Waals surface area contributed by atoms with Crippen LogP contribution in [0.5, 0.6) is 0 Å². The second-order valence-electron chi connectivity index (χ2n) is 4.39. The standard InChI is InChI=1S/C9H13F2N3/c1-6(2)8(4-9(10,11)5-8)7-3-12-14-13-7/h3,6H,4-5H2,1-2H3,(H,12,13,14). The summed E-state index contributed by atoms with van der Waals surface area (Å²) in [5.41, 5.74) is 0.283. The molecule has 1 aromatic rings. The van der Waals surface area contributed by atoms with Crippen LogP contribution in [-0.4, -0.2) is 21.3 Å². The maximum Gasteiger partial charge on any atom is 0.250 e. The molecule has 1 saturated carbocycles. The molecule has 0 spiro atoms. The molecule has 0 atom stereocenters. The predicted molar refractivity (Wildman–Crippen MR) is 47.1 cm³/mol. The van der Waals surface area contributed by atoms with Crippen LogP contribution in [0.4, 0.5) is 8.78 Å². The van der Waals surface area contributed by atoms with Crippen LogP contribution in [0.15, 0.2) is 6.20 Å².